The first-order valence-corrected chi connectivity index (χ1v) is 10.5. The van der Waals surface area contributed by atoms with Crippen LogP contribution < -0.4 is 24.3 Å². The van der Waals surface area contributed by atoms with Crippen molar-refractivity contribution < 1.29 is 28.2 Å². The Hall–Kier alpha value is -3.75. The summed E-state index contributed by atoms with van der Waals surface area (Å²) < 4.78 is 28.3. The summed E-state index contributed by atoms with van der Waals surface area (Å²) in [5.74, 6) is 2.16. The van der Waals surface area contributed by atoms with Gasteiger partial charge in [-0.25, -0.2) is 0 Å². The van der Waals surface area contributed by atoms with Gasteiger partial charge in [0.2, 0.25) is 17.5 Å². The molecule has 3 rings (SSSR count). The normalized spacial score (nSPS) is 10.5. The molecule has 3 aromatic rings. The Kier molecular flexibility index (Phi) is 8.30. The molecule has 1 aromatic heterocycles. The first-order valence-electron chi connectivity index (χ1n) is 10.5. The van der Waals surface area contributed by atoms with Crippen molar-refractivity contribution in [3.8, 4) is 34.5 Å². The highest BCUT2D eigenvalue weighted by atomic mass is 16.5. The molecule has 0 saturated carbocycles. The highest BCUT2D eigenvalue weighted by molar-refractivity contribution is 5.88. The van der Waals surface area contributed by atoms with Crippen LogP contribution in [0.4, 0.5) is 6.01 Å². The summed E-state index contributed by atoms with van der Waals surface area (Å²) in [5.41, 5.74) is 0.584. The molecule has 9 heteroatoms. The second kappa shape index (κ2) is 11.6. The number of ether oxygens (including phenoxy) is 4. The summed E-state index contributed by atoms with van der Waals surface area (Å²) in [4.78, 5) is 12.2. The molecular formula is C23H27N3O6. The van der Waals surface area contributed by atoms with Crippen LogP contribution in [-0.2, 0) is 4.79 Å². The molecule has 2 aromatic carbocycles. The van der Waals surface area contributed by atoms with Crippen LogP contribution in [0.15, 0.2) is 46.9 Å². The second-order valence-electron chi connectivity index (χ2n) is 6.47. The number of nitrogens with one attached hydrogen (secondary N) is 1. The smallest absolute Gasteiger partial charge is 0.322 e. The van der Waals surface area contributed by atoms with E-state index < -0.39 is 0 Å². The van der Waals surface area contributed by atoms with Gasteiger partial charge in [-0.3, -0.25) is 10.1 Å². The molecule has 32 heavy (non-hydrogen) atoms. The molecule has 0 aliphatic carbocycles. The fourth-order valence-electron chi connectivity index (χ4n) is 2.86. The van der Waals surface area contributed by atoms with E-state index in [0.717, 1.165) is 0 Å². The quantitative estimate of drug-likeness (QED) is 0.443. The molecule has 0 bridgehead atoms. The van der Waals surface area contributed by atoms with Gasteiger partial charge in [0, 0.05) is 5.56 Å². The van der Waals surface area contributed by atoms with Gasteiger partial charge < -0.3 is 23.4 Å². The molecule has 0 radical (unpaired) electrons. The van der Waals surface area contributed by atoms with Crippen LogP contribution >= 0.6 is 0 Å². The third kappa shape index (κ3) is 6.13. The van der Waals surface area contributed by atoms with E-state index in [4.69, 9.17) is 23.4 Å². The zero-order chi connectivity index (χ0) is 22.8. The van der Waals surface area contributed by atoms with Crippen LogP contribution in [-0.4, -0.2) is 42.5 Å². The number of aromatic nitrogens is 2. The SMILES string of the molecule is CCOc1cc(-c2nnc(NC(=O)CCOc3ccccc3)o2)cc(OCC)c1OCC. The molecule has 0 aliphatic heterocycles. The van der Waals surface area contributed by atoms with Gasteiger partial charge in [0.05, 0.1) is 32.8 Å². The van der Waals surface area contributed by atoms with Crippen LogP contribution in [0, 0.1) is 0 Å². The predicted octanol–water partition coefficient (Wildman–Crippen LogP) is 4.34. The van der Waals surface area contributed by atoms with Crippen LogP contribution in [0.1, 0.15) is 27.2 Å². The summed E-state index contributed by atoms with van der Waals surface area (Å²) in [6.45, 7) is 7.23. The van der Waals surface area contributed by atoms with E-state index >= 15 is 0 Å². The van der Waals surface area contributed by atoms with Gasteiger partial charge in [0.1, 0.15) is 5.75 Å². The number of anilines is 1. The van der Waals surface area contributed by atoms with Crippen molar-refractivity contribution in [3.05, 3.63) is 42.5 Å². The average molecular weight is 441 g/mol. The first kappa shape index (κ1) is 22.9. The number of rotatable bonds is 12. The maximum Gasteiger partial charge on any atom is 0.322 e. The van der Waals surface area contributed by atoms with E-state index in [-0.39, 0.29) is 30.8 Å². The minimum absolute atomic E-state index is 0.00508. The lowest BCUT2D eigenvalue weighted by Crippen LogP contribution is -2.15. The maximum absolute atomic E-state index is 12.2. The van der Waals surface area contributed by atoms with E-state index in [1.165, 1.54) is 0 Å². The summed E-state index contributed by atoms with van der Waals surface area (Å²) in [6, 6.07) is 12.8. The molecule has 0 spiro atoms. The molecular weight excluding hydrogens is 414 g/mol. The zero-order valence-corrected chi connectivity index (χ0v) is 18.4. The number of carbonyl (C=O) groups excluding carboxylic acids is 1. The second-order valence-corrected chi connectivity index (χ2v) is 6.47. The van der Waals surface area contributed by atoms with E-state index in [2.05, 4.69) is 15.5 Å². The molecule has 0 fully saturated rings. The van der Waals surface area contributed by atoms with Crippen LogP contribution in [0.25, 0.3) is 11.5 Å². The standard InChI is InChI=1S/C23H27N3O6/c1-4-28-18-14-16(15-19(29-5-2)21(18)30-6-3)22-25-26-23(32-22)24-20(27)12-13-31-17-10-8-7-9-11-17/h7-11,14-15H,4-6,12-13H2,1-3H3,(H,24,26,27). The number of para-hydroxylation sites is 1. The molecule has 0 saturated heterocycles. The van der Waals surface area contributed by atoms with Gasteiger partial charge in [-0.05, 0) is 45.0 Å². The Bertz CT molecular complexity index is 979. The number of hydrogen-bond acceptors (Lipinski definition) is 8. The number of amides is 1. The zero-order valence-electron chi connectivity index (χ0n) is 18.4. The van der Waals surface area contributed by atoms with Crippen LogP contribution in [0.5, 0.6) is 23.0 Å². The van der Waals surface area contributed by atoms with Crippen molar-refractivity contribution in [1.29, 1.82) is 0 Å². The fourth-order valence-corrected chi connectivity index (χ4v) is 2.86. The van der Waals surface area contributed by atoms with Crippen molar-refractivity contribution in [2.75, 3.05) is 31.7 Å². The lowest BCUT2D eigenvalue weighted by Gasteiger charge is -2.16. The lowest BCUT2D eigenvalue weighted by atomic mass is 10.2. The highest BCUT2D eigenvalue weighted by Gasteiger charge is 2.19. The van der Waals surface area contributed by atoms with Gasteiger partial charge in [-0.1, -0.05) is 23.3 Å². The number of hydrogen-bond donors (Lipinski definition) is 1. The molecule has 9 nitrogen and oxygen atoms in total. The first-order chi connectivity index (χ1) is 15.6. The lowest BCUT2D eigenvalue weighted by molar-refractivity contribution is -0.116. The highest BCUT2D eigenvalue weighted by Crippen LogP contribution is 2.41. The molecule has 1 amide bonds. The van der Waals surface area contributed by atoms with Crippen LogP contribution in [0.2, 0.25) is 0 Å². The Morgan fingerprint density at radius 1 is 0.906 bits per heavy atom. The monoisotopic (exact) mass is 441 g/mol. The third-order valence-corrected chi connectivity index (χ3v) is 4.17. The minimum atomic E-state index is -0.298. The molecule has 170 valence electrons. The van der Waals surface area contributed by atoms with Gasteiger partial charge in [0.25, 0.3) is 0 Å². The van der Waals surface area contributed by atoms with Crippen molar-refractivity contribution >= 4 is 11.9 Å². The van der Waals surface area contributed by atoms with Gasteiger partial charge >= 0.3 is 6.01 Å². The molecule has 1 heterocycles. The summed E-state index contributed by atoms with van der Waals surface area (Å²) >= 11 is 0. The van der Waals surface area contributed by atoms with Crippen molar-refractivity contribution in [1.82, 2.24) is 10.2 Å². The third-order valence-electron chi connectivity index (χ3n) is 4.17. The summed E-state index contributed by atoms with van der Waals surface area (Å²) in [7, 11) is 0. The fraction of sp³-hybridized carbons (Fsp3) is 0.348. The van der Waals surface area contributed by atoms with E-state index in [1.807, 2.05) is 51.1 Å². The Balaban J connectivity index is 1.68. The Morgan fingerprint density at radius 3 is 2.19 bits per heavy atom. The minimum Gasteiger partial charge on any atom is -0.493 e. The Morgan fingerprint density at radius 2 is 1.56 bits per heavy atom. The number of nitrogens with zero attached hydrogens (tertiary/aromatic N) is 2. The molecule has 0 unspecified atom stereocenters. The molecule has 0 atom stereocenters. The Labute approximate surface area is 186 Å². The largest absolute Gasteiger partial charge is 0.493 e. The maximum atomic E-state index is 12.2. The summed E-state index contributed by atoms with van der Waals surface area (Å²) in [5, 5.41) is 10.5. The number of benzene rings is 2. The van der Waals surface area contributed by atoms with Crippen molar-refractivity contribution in [2.24, 2.45) is 0 Å². The predicted molar refractivity (Wildman–Crippen MR) is 118 cm³/mol. The average Bonchev–Trinajstić information content (AvgIpc) is 3.25. The van der Waals surface area contributed by atoms with Crippen molar-refractivity contribution in [3.63, 3.8) is 0 Å². The van der Waals surface area contributed by atoms with Crippen LogP contribution in [0.3, 0.4) is 0 Å². The van der Waals surface area contributed by atoms with Gasteiger partial charge in [0.15, 0.2) is 11.5 Å². The summed E-state index contributed by atoms with van der Waals surface area (Å²) in [6.07, 6.45) is 0.138. The van der Waals surface area contributed by atoms with Gasteiger partial charge in [-0.15, -0.1) is 5.10 Å². The molecule has 1 N–H and O–H groups in total. The van der Waals surface area contributed by atoms with E-state index in [1.54, 1.807) is 12.1 Å². The van der Waals surface area contributed by atoms with E-state index in [9.17, 15) is 4.79 Å². The molecule has 0 aliphatic rings. The topological polar surface area (TPSA) is 105 Å². The van der Waals surface area contributed by atoms with Gasteiger partial charge in [-0.2, -0.15) is 0 Å². The van der Waals surface area contributed by atoms with E-state index in [0.29, 0.717) is 48.4 Å². The van der Waals surface area contributed by atoms with Crippen molar-refractivity contribution in [2.45, 2.75) is 27.2 Å². The number of carbonyl (C=O) groups is 1.